The van der Waals surface area contributed by atoms with Crippen molar-refractivity contribution in [3.05, 3.63) is 177 Å². The Balaban J connectivity index is 1.75. The van der Waals surface area contributed by atoms with Crippen LogP contribution in [0.15, 0.2) is 121 Å². The molecule has 0 saturated carbocycles. The fraction of sp³-hybridized carbons (Fsp3) is 0.167. The summed E-state index contributed by atoms with van der Waals surface area (Å²) in [6, 6.07) is 43.5. The van der Waals surface area contributed by atoms with Gasteiger partial charge in [-0.15, -0.1) is 0 Å². The maximum atomic E-state index is 6.53. The average Bonchev–Trinajstić information content (AvgIpc) is 2.95. The Morgan fingerprint density at radius 3 is 0.973 bits per heavy atom. The Hall–Kier alpha value is -3.94. The molecule has 5 aromatic carbocycles. The molecule has 0 aromatic heterocycles. The molecule has 1 heteroatoms. The van der Waals surface area contributed by atoms with Crippen LogP contribution in [0.4, 0.5) is 0 Å². The predicted molar refractivity (Wildman–Crippen MR) is 156 cm³/mol. The first-order valence-corrected chi connectivity index (χ1v) is 13.2. The van der Waals surface area contributed by atoms with E-state index >= 15 is 0 Å². The van der Waals surface area contributed by atoms with E-state index < -0.39 is 0 Å². The van der Waals surface area contributed by atoms with E-state index in [1.165, 1.54) is 55.6 Å². The summed E-state index contributed by atoms with van der Waals surface area (Å²) < 4.78 is 0. The van der Waals surface area contributed by atoms with Crippen LogP contribution < -0.4 is 5.73 Å². The molecule has 0 bridgehead atoms. The molecular weight excluding hydrogens is 446 g/mol. The van der Waals surface area contributed by atoms with Gasteiger partial charge in [0.25, 0.3) is 0 Å². The lowest BCUT2D eigenvalue weighted by Gasteiger charge is -2.26. The summed E-state index contributed by atoms with van der Waals surface area (Å²) in [7, 11) is 0. The maximum Gasteiger partial charge on any atom is 0.0183 e. The van der Waals surface area contributed by atoms with Gasteiger partial charge >= 0.3 is 0 Å². The van der Waals surface area contributed by atoms with E-state index in [-0.39, 0.29) is 0 Å². The van der Waals surface area contributed by atoms with Gasteiger partial charge in [0, 0.05) is 6.54 Å². The van der Waals surface area contributed by atoms with Crippen LogP contribution in [-0.2, 0) is 32.2 Å². The number of benzene rings is 5. The zero-order chi connectivity index (χ0) is 25.5. The van der Waals surface area contributed by atoms with Crippen molar-refractivity contribution in [1.29, 1.82) is 0 Å². The molecule has 0 spiro atoms. The molecule has 0 fully saturated rings. The normalized spacial score (nSPS) is 11.0. The lowest BCUT2D eigenvalue weighted by molar-refractivity contribution is 0.921. The van der Waals surface area contributed by atoms with E-state index in [1.807, 2.05) is 0 Å². The molecule has 0 radical (unpaired) electrons. The summed E-state index contributed by atoms with van der Waals surface area (Å²) in [5, 5.41) is 0. The van der Waals surface area contributed by atoms with Crippen LogP contribution in [0.25, 0.3) is 0 Å². The second kappa shape index (κ2) is 11.9. The minimum atomic E-state index is 0.545. The van der Waals surface area contributed by atoms with Gasteiger partial charge in [-0.25, -0.2) is 0 Å². The smallest absolute Gasteiger partial charge is 0.0183 e. The van der Waals surface area contributed by atoms with E-state index in [9.17, 15) is 0 Å². The molecule has 37 heavy (non-hydrogen) atoms. The molecule has 1 nitrogen and oxygen atoms in total. The van der Waals surface area contributed by atoms with Crippen molar-refractivity contribution in [2.45, 2.75) is 39.2 Å². The molecule has 184 valence electrons. The highest BCUT2D eigenvalue weighted by atomic mass is 14.5. The van der Waals surface area contributed by atoms with Crippen LogP contribution in [0.5, 0.6) is 0 Å². The van der Waals surface area contributed by atoms with Gasteiger partial charge in [0.05, 0.1) is 0 Å². The van der Waals surface area contributed by atoms with E-state index in [4.69, 9.17) is 5.73 Å². The van der Waals surface area contributed by atoms with E-state index in [0.29, 0.717) is 6.54 Å². The average molecular weight is 482 g/mol. The minimum Gasteiger partial charge on any atom is -0.326 e. The van der Waals surface area contributed by atoms with Gasteiger partial charge in [0.1, 0.15) is 0 Å². The van der Waals surface area contributed by atoms with Gasteiger partial charge in [-0.2, -0.15) is 0 Å². The molecule has 0 aliphatic rings. The zero-order valence-electron chi connectivity index (χ0n) is 21.7. The molecule has 0 unspecified atom stereocenters. The van der Waals surface area contributed by atoms with Crippen molar-refractivity contribution in [2.24, 2.45) is 5.73 Å². The van der Waals surface area contributed by atoms with Crippen molar-refractivity contribution < 1.29 is 0 Å². The first-order valence-electron chi connectivity index (χ1n) is 13.2. The highest BCUT2D eigenvalue weighted by molar-refractivity contribution is 5.57. The molecule has 0 atom stereocenters. The molecule has 0 aliphatic carbocycles. The van der Waals surface area contributed by atoms with Crippen LogP contribution in [-0.4, -0.2) is 0 Å². The maximum absolute atomic E-state index is 6.53. The lowest BCUT2D eigenvalue weighted by atomic mass is 9.79. The Bertz CT molecular complexity index is 1420. The summed E-state index contributed by atoms with van der Waals surface area (Å²) in [6.45, 7) is 2.83. The Kier molecular flexibility index (Phi) is 7.93. The van der Waals surface area contributed by atoms with Gasteiger partial charge in [0.2, 0.25) is 0 Å². The fourth-order valence-electron chi connectivity index (χ4n) is 5.54. The first-order chi connectivity index (χ1) is 18.2. The molecule has 0 saturated heterocycles. The summed E-state index contributed by atoms with van der Waals surface area (Å²) in [5.74, 6) is 0. The quantitative estimate of drug-likeness (QED) is 0.228. The second-order valence-electron chi connectivity index (χ2n) is 9.87. The van der Waals surface area contributed by atoms with Gasteiger partial charge in [-0.1, -0.05) is 121 Å². The number of rotatable bonds is 9. The molecular formula is C36H35N. The lowest BCUT2D eigenvalue weighted by Crippen LogP contribution is -2.16. The Morgan fingerprint density at radius 1 is 0.378 bits per heavy atom. The van der Waals surface area contributed by atoms with Gasteiger partial charge in [-0.05, 0) is 88.2 Å². The standard InChI is InChI=1S/C36H35N/c1-27-32(22-28-14-6-2-7-15-28)33(23-29-16-8-3-9-17-29)34(24-30-18-10-4-11-19-30)35(36(27)26-37)25-31-20-12-5-13-21-31/h2-21H,22-26,37H2,1H3. The molecule has 0 heterocycles. The van der Waals surface area contributed by atoms with Crippen molar-refractivity contribution in [3.63, 3.8) is 0 Å². The van der Waals surface area contributed by atoms with E-state index in [1.54, 1.807) is 0 Å². The third-order valence-corrected chi connectivity index (χ3v) is 7.46. The highest BCUT2D eigenvalue weighted by Crippen LogP contribution is 2.34. The van der Waals surface area contributed by atoms with Crippen molar-refractivity contribution in [2.75, 3.05) is 0 Å². The van der Waals surface area contributed by atoms with E-state index in [0.717, 1.165) is 25.7 Å². The third-order valence-electron chi connectivity index (χ3n) is 7.46. The summed E-state index contributed by atoms with van der Waals surface area (Å²) in [5.41, 5.74) is 20.3. The molecule has 0 aliphatic heterocycles. The summed E-state index contributed by atoms with van der Waals surface area (Å²) in [4.78, 5) is 0. The third kappa shape index (κ3) is 5.90. The molecule has 5 aromatic rings. The van der Waals surface area contributed by atoms with Gasteiger partial charge in [-0.3, -0.25) is 0 Å². The van der Waals surface area contributed by atoms with Crippen molar-refractivity contribution in [1.82, 2.24) is 0 Å². The van der Waals surface area contributed by atoms with Crippen LogP contribution in [0.1, 0.15) is 55.6 Å². The van der Waals surface area contributed by atoms with Crippen LogP contribution in [0.3, 0.4) is 0 Å². The highest BCUT2D eigenvalue weighted by Gasteiger charge is 2.22. The second-order valence-corrected chi connectivity index (χ2v) is 9.87. The monoisotopic (exact) mass is 481 g/mol. The van der Waals surface area contributed by atoms with Gasteiger partial charge in [0.15, 0.2) is 0 Å². The Labute approximate surface area is 221 Å². The number of nitrogens with two attached hydrogens (primary N) is 1. The number of hydrogen-bond donors (Lipinski definition) is 1. The van der Waals surface area contributed by atoms with Crippen molar-refractivity contribution >= 4 is 0 Å². The molecule has 2 N–H and O–H groups in total. The largest absolute Gasteiger partial charge is 0.326 e. The number of hydrogen-bond acceptors (Lipinski definition) is 1. The summed E-state index contributed by atoms with van der Waals surface area (Å²) in [6.07, 6.45) is 3.62. The van der Waals surface area contributed by atoms with Gasteiger partial charge < -0.3 is 5.73 Å². The van der Waals surface area contributed by atoms with E-state index in [2.05, 4.69) is 128 Å². The zero-order valence-corrected chi connectivity index (χ0v) is 21.7. The first kappa shape index (κ1) is 24.7. The molecule has 0 amide bonds. The van der Waals surface area contributed by atoms with Crippen LogP contribution in [0, 0.1) is 6.92 Å². The molecule has 5 rings (SSSR count). The minimum absolute atomic E-state index is 0.545. The fourth-order valence-corrected chi connectivity index (χ4v) is 5.54. The topological polar surface area (TPSA) is 26.0 Å². The van der Waals surface area contributed by atoms with Crippen molar-refractivity contribution in [3.8, 4) is 0 Å². The van der Waals surface area contributed by atoms with Crippen LogP contribution >= 0.6 is 0 Å². The SMILES string of the molecule is Cc1c(CN)c(Cc2ccccc2)c(Cc2ccccc2)c(Cc2ccccc2)c1Cc1ccccc1. The predicted octanol–water partition coefficient (Wildman–Crippen LogP) is 7.82. The van der Waals surface area contributed by atoms with Crippen LogP contribution in [0.2, 0.25) is 0 Å². The Morgan fingerprint density at radius 2 is 0.649 bits per heavy atom. The summed E-state index contributed by atoms with van der Waals surface area (Å²) >= 11 is 0.